The fourth-order valence-corrected chi connectivity index (χ4v) is 2.14. The molecule has 0 saturated heterocycles. The van der Waals surface area contributed by atoms with Gasteiger partial charge in [-0.2, -0.15) is 4.80 Å². The van der Waals surface area contributed by atoms with Crippen LogP contribution < -0.4 is 0 Å². The zero-order valence-corrected chi connectivity index (χ0v) is 11.7. The first kappa shape index (κ1) is 11.9. The SMILES string of the molecule is Cc1ccc(-n2nc3cc(C)c(C)cc3n2)cc1C. The summed E-state index contributed by atoms with van der Waals surface area (Å²) in [6.07, 6.45) is 0. The van der Waals surface area contributed by atoms with Crippen LogP contribution in [0.25, 0.3) is 16.7 Å². The van der Waals surface area contributed by atoms with E-state index in [1.54, 1.807) is 4.80 Å². The zero-order chi connectivity index (χ0) is 13.6. The third-order valence-electron chi connectivity index (χ3n) is 3.72. The quantitative estimate of drug-likeness (QED) is 0.661. The van der Waals surface area contributed by atoms with Gasteiger partial charge in [-0.1, -0.05) is 6.07 Å². The van der Waals surface area contributed by atoms with E-state index in [0.717, 1.165) is 16.7 Å². The highest BCUT2D eigenvalue weighted by Crippen LogP contribution is 2.18. The van der Waals surface area contributed by atoms with Gasteiger partial charge in [0.05, 0.1) is 5.69 Å². The Morgan fingerprint density at radius 1 is 0.684 bits per heavy atom. The van der Waals surface area contributed by atoms with Crippen LogP contribution in [0.4, 0.5) is 0 Å². The highest BCUT2D eigenvalue weighted by Gasteiger charge is 2.07. The minimum atomic E-state index is 0.946. The van der Waals surface area contributed by atoms with E-state index < -0.39 is 0 Å². The average molecular weight is 251 g/mol. The summed E-state index contributed by atoms with van der Waals surface area (Å²) in [5.41, 5.74) is 7.94. The van der Waals surface area contributed by atoms with Gasteiger partial charge in [-0.05, 0) is 74.2 Å². The lowest BCUT2D eigenvalue weighted by Gasteiger charge is -2.03. The minimum Gasteiger partial charge on any atom is -0.150 e. The molecule has 0 fully saturated rings. The van der Waals surface area contributed by atoms with Crippen LogP contribution in [0, 0.1) is 27.7 Å². The third kappa shape index (κ3) is 2.01. The molecule has 0 unspecified atom stereocenters. The minimum absolute atomic E-state index is 0.946. The van der Waals surface area contributed by atoms with E-state index in [-0.39, 0.29) is 0 Å². The summed E-state index contributed by atoms with van der Waals surface area (Å²) < 4.78 is 0. The van der Waals surface area contributed by atoms with Crippen molar-refractivity contribution in [2.45, 2.75) is 27.7 Å². The number of rotatable bonds is 1. The molecule has 3 heteroatoms. The maximum Gasteiger partial charge on any atom is 0.113 e. The van der Waals surface area contributed by atoms with Crippen molar-refractivity contribution in [3.8, 4) is 5.69 Å². The third-order valence-corrected chi connectivity index (χ3v) is 3.72. The van der Waals surface area contributed by atoms with Crippen LogP contribution in [0.5, 0.6) is 0 Å². The summed E-state index contributed by atoms with van der Waals surface area (Å²) in [7, 11) is 0. The van der Waals surface area contributed by atoms with Crippen LogP contribution >= 0.6 is 0 Å². The summed E-state index contributed by atoms with van der Waals surface area (Å²) in [5, 5.41) is 9.12. The lowest BCUT2D eigenvalue weighted by Crippen LogP contribution is -1.99. The molecule has 1 heterocycles. The van der Waals surface area contributed by atoms with Crippen molar-refractivity contribution in [1.29, 1.82) is 0 Å². The van der Waals surface area contributed by atoms with Crippen LogP contribution in [-0.2, 0) is 0 Å². The molecule has 19 heavy (non-hydrogen) atoms. The summed E-state index contributed by atoms with van der Waals surface area (Å²) in [6, 6.07) is 10.5. The van der Waals surface area contributed by atoms with Crippen molar-refractivity contribution in [3.63, 3.8) is 0 Å². The fourth-order valence-electron chi connectivity index (χ4n) is 2.14. The van der Waals surface area contributed by atoms with Crippen LogP contribution in [0.15, 0.2) is 30.3 Å². The van der Waals surface area contributed by atoms with E-state index in [1.807, 2.05) is 0 Å². The summed E-state index contributed by atoms with van der Waals surface area (Å²) >= 11 is 0. The smallest absolute Gasteiger partial charge is 0.113 e. The Labute approximate surface area is 112 Å². The molecule has 1 aromatic heterocycles. The van der Waals surface area contributed by atoms with E-state index in [2.05, 4.69) is 68.2 Å². The molecule has 0 spiro atoms. The number of benzene rings is 2. The Morgan fingerprint density at radius 2 is 1.21 bits per heavy atom. The molecule has 3 rings (SSSR count). The van der Waals surface area contributed by atoms with Crippen LogP contribution in [0.3, 0.4) is 0 Å². The van der Waals surface area contributed by atoms with Crippen molar-refractivity contribution in [3.05, 3.63) is 52.6 Å². The number of nitrogens with zero attached hydrogens (tertiary/aromatic N) is 3. The normalized spacial score (nSPS) is 11.2. The van der Waals surface area contributed by atoms with Crippen molar-refractivity contribution in [2.75, 3.05) is 0 Å². The van der Waals surface area contributed by atoms with E-state index in [0.29, 0.717) is 0 Å². The van der Waals surface area contributed by atoms with Crippen LogP contribution in [0.1, 0.15) is 22.3 Å². The lowest BCUT2D eigenvalue weighted by atomic mass is 10.1. The van der Waals surface area contributed by atoms with Crippen LogP contribution in [-0.4, -0.2) is 15.0 Å². The Morgan fingerprint density at radius 3 is 1.74 bits per heavy atom. The molecular weight excluding hydrogens is 234 g/mol. The highest BCUT2D eigenvalue weighted by molar-refractivity contribution is 5.76. The van der Waals surface area contributed by atoms with E-state index in [4.69, 9.17) is 0 Å². The predicted octanol–water partition coefficient (Wildman–Crippen LogP) is 3.65. The predicted molar refractivity (Wildman–Crippen MR) is 77.8 cm³/mol. The van der Waals surface area contributed by atoms with Gasteiger partial charge in [0.2, 0.25) is 0 Å². The van der Waals surface area contributed by atoms with Crippen molar-refractivity contribution in [1.82, 2.24) is 15.0 Å². The number of aryl methyl sites for hydroxylation is 4. The molecule has 3 nitrogen and oxygen atoms in total. The molecule has 0 radical (unpaired) electrons. The zero-order valence-electron chi connectivity index (χ0n) is 11.7. The molecular formula is C16H17N3. The second kappa shape index (κ2) is 4.19. The van der Waals surface area contributed by atoms with Gasteiger partial charge in [0.1, 0.15) is 11.0 Å². The summed E-state index contributed by atoms with van der Waals surface area (Å²) in [4.78, 5) is 1.72. The molecule has 0 bridgehead atoms. The van der Waals surface area contributed by atoms with Crippen molar-refractivity contribution in [2.24, 2.45) is 0 Å². The van der Waals surface area contributed by atoms with Gasteiger partial charge in [-0.15, -0.1) is 10.2 Å². The highest BCUT2D eigenvalue weighted by atomic mass is 15.5. The second-order valence-electron chi connectivity index (χ2n) is 5.18. The maximum absolute atomic E-state index is 4.56. The number of hydrogen-bond acceptors (Lipinski definition) is 2. The number of fused-ring (bicyclic) bond motifs is 1. The van der Waals surface area contributed by atoms with Gasteiger partial charge in [-0.3, -0.25) is 0 Å². The lowest BCUT2D eigenvalue weighted by molar-refractivity contribution is 0.764. The van der Waals surface area contributed by atoms with Crippen LogP contribution in [0.2, 0.25) is 0 Å². The first-order valence-corrected chi connectivity index (χ1v) is 6.46. The Hall–Kier alpha value is -2.16. The monoisotopic (exact) mass is 251 g/mol. The average Bonchev–Trinajstić information content (AvgIpc) is 2.76. The van der Waals surface area contributed by atoms with Gasteiger partial charge < -0.3 is 0 Å². The molecule has 0 amide bonds. The van der Waals surface area contributed by atoms with Gasteiger partial charge in [0.15, 0.2) is 0 Å². The topological polar surface area (TPSA) is 30.7 Å². The van der Waals surface area contributed by atoms with Gasteiger partial charge in [0.25, 0.3) is 0 Å². The number of aromatic nitrogens is 3. The Bertz CT molecular complexity index is 730. The summed E-state index contributed by atoms with van der Waals surface area (Å²) in [6.45, 7) is 8.42. The van der Waals surface area contributed by atoms with Gasteiger partial charge in [0, 0.05) is 0 Å². The molecule has 0 aliphatic carbocycles. The van der Waals surface area contributed by atoms with E-state index in [9.17, 15) is 0 Å². The Balaban J connectivity index is 2.17. The van der Waals surface area contributed by atoms with E-state index in [1.165, 1.54) is 22.3 Å². The molecule has 96 valence electrons. The van der Waals surface area contributed by atoms with Crippen molar-refractivity contribution < 1.29 is 0 Å². The largest absolute Gasteiger partial charge is 0.150 e. The molecule has 0 saturated carbocycles. The first-order chi connectivity index (χ1) is 9.04. The fraction of sp³-hybridized carbons (Fsp3) is 0.250. The standard InChI is InChI=1S/C16H17N3/c1-10-5-6-14(7-11(10)2)19-17-15-8-12(3)13(4)9-16(15)18-19/h5-9H,1-4H3. The maximum atomic E-state index is 4.56. The molecule has 0 aliphatic rings. The molecule has 0 atom stereocenters. The first-order valence-electron chi connectivity index (χ1n) is 6.46. The number of hydrogen-bond donors (Lipinski definition) is 0. The molecule has 3 aromatic rings. The Kier molecular flexibility index (Phi) is 2.63. The van der Waals surface area contributed by atoms with Gasteiger partial charge in [-0.25, -0.2) is 0 Å². The molecule has 2 aromatic carbocycles. The molecule has 0 aliphatic heterocycles. The van der Waals surface area contributed by atoms with Gasteiger partial charge >= 0.3 is 0 Å². The summed E-state index contributed by atoms with van der Waals surface area (Å²) in [5.74, 6) is 0. The van der Waals surface area contributed by atoms with E-state index >= 15 is 0 Å². The second-order valence-corrected chi connectivity index (χ2v) is 5.18. The molecule has 0 N–H and O–H groups in total. The van der Waals surface area contributed by atoms with Crippen molar-refractivity contribution >= 4 is 11.0 Å².